The largest absolute Gasteiger partial charge is 0.390 e. The fourth-order valence-corrected chi connectivity index (χ4v) is 1.46. The molecule has 1 heterocycles. The first-order chi connectivity index (χ1) is 4.86. The summed E-state index contributed by atoms with van der Waals surface area (Å²) in [6.07, 6.45) is 0.810. The predicted molar refractivity (Wildman–Crippen MR) is 40.8 cm³/mol. The van der Waals surface area contributed by atoms with E-state index in [0.29, 0.717) is 6.54 Å². The van der Waals surface area contributed by atoms with Crippen LogP contribution in [0.25, 0.3) is 0 Å². The van der Waals surface area contributed by atoms with Crippen molar-refractivity contribution in [2.24, 2.45) is 5.73 Å². The lowest BCUT2D eigenvalue weighted by atomic mass is 10.4. The fourth-order valence-electron chi connectivity index (χ4n) is 0.660. The molecule has 0 saturated carbocycles. The third-order valence-electron chi connectivity index (χ3n) is 1.12. The molecule has 0 radical (unpaired) electrons. The lowest BCUT2D eigenvalue weighted by Gasteiger charge is -1.87. The van der Waals surface area contributed by atoms with Gasteiger partial charge in [0.15, 0.2) is 0 Å². The van der Waals surface area contributed by atoms with Crippen molar-refractivity contribution < 1.29 is 5.11 Å². The average Bonchev–Trinajstić information content (AvgIpc) is 2.37. The van der Waals surface area contributed by atoms with E-state index < -0.39 is 0 Å². The molecule has 0 spiro atoms. The van der Waals surface area contributed by atoms with Gasteiger partial charge in [0.1, 0.15) is 0 Å². The van der Waals surface area contributed by atoms with Gasteiger partial charge in [0, 0.05) is 11.8 Å². The molecule has 0 amide bonds. The highest BCUT2D eigenvalue weighted by molar-refractivity contribution is 7.09. The van der Waals surface area contributed by atoms with Gasteiger partial charge >= 0.3 is 0 Å². The van der Waals surface area contributed by atoms with Crippen LogP contribution in [0, 0.1) is 0 Å². The summed E-state index contributed by atoms with van der Waals surface area (Å²) in [5.74, 6) is 0. The number of aromatic nitrogens is 1. The van der Waals surface area contributed by atoms with Gasteiger partial charge in [-0.2, -0.15) is 0 Å². The molecule has 0 aliphatic heterocycles. The summed E-state index contributed by atoms with van der Waals surface area (Å²) < 4.78 is 0. The Morgan fingerprint density at radius 1 is 1.70 bits per heavy atom. The fraction of sp³-hybridized carbons (Fsp3) is 0.500. The van der Waals surface area contributed by atoms with Crippen molar-refractivity contribution in [2.45, 2.75) is 13.0 Å². The van der Waals surface area contributed by atoms with Crippen LogP contribution in [-0.2, 0) is 13.0 Å². The zero-order chi connectivity index (χ0) is 7.40. The number of aliphatic hydroxyl groups excluding tert-OH is 1. The van der Waals surface area contributed by atoms with Crippen molar-refractivity contribution in [3.63, 3.8) is 0 Å². The molecule has 4 heteroatoms. The van der Waals surface area contributed by atoms with E-state index in [-0.39, 0.29) is 6.61 Å². The van der Waals surface area contributed by atoms with E-state index in [1.165, 1.54) is 0 Å². The summed E-state index contributed by atoms with van der Waals surface area (Å²) in [5.41, 5.74) is 6.06. The molecule has 1 aromatic heterocycles. The zero-order valence-corrected chi connectivity index (χ0v) is 6.40. The van der Waals surface area contributed by atoms with Gasteiger partial charge in [-0.05, 0) is 6.54 Å². The summed E-state index contributed by atoms with van der Waals surface area (Å²) in [4.78, 5) is 4.11. The van der Waals surface area contributed by atoms with E-state index in [1.54, 1.807) is 11.3 Å². The van der Waals surface area contributed by atoms with E-state index in [4.69, 9.17) is 10.8 Å². The second kappa shape index (κ2) is 3.65. The molecule has 0 atom stereocenters. The Morgan fingerprint density at radius 3 is 3.00 bits per heavy atom. The molecule has 3 nitrogen and oxygen atoms in total. The third kappa shape index (κ3) is 1.76. The van der Waals surface area contributed by atoms with E-state index in [9.17, 15) is 0 Å². The Balaban J connectivity index is 2.59. The molecule has 1 aromatic rings. The Hall–Kier alpha value is -0.450. The van der Waals surface area contributed by atoms with Crippen LogP contribution in [0.3, 0.4) is 0 Å². The molecule has 0 saturated heterocycles. The molecule has 0 aromatic carbocycles. The van der Waals surface area contributed by atoms with Crippen LogP contribution in [-0.4, -0.2) is 16.6 Å². The lowest BCUT2D eigenvalue weighted by molar-refractivity contribution is 0.277. The SMILES string of the molecule is NCCc1nc(CO)cs1. The number of thiazole rings is 1. The summed E-state index contributed by atoms with van der Waals surface area (Å²) in [6.45, 7) is 0.652. The van der Waals surface area contributed by atoms with Crippen LogP contribution in [0.5, 0.6) is 0 Å². The van der Waals surface area contributed by atoms with Crippen molar-refractivity contribution >= 4 is 11.3 Å². The van der Waals surface area contributed by atoms with Crippen molar-refractivity contribution in [3.05, 3.63) is 16.1 Å². The Kier molecular flexibility index (Phi) is 2.80. The normalized spacial score (nSPS) is 10.2. The number of hydrogen-bond acceptors (Lipinski definition) is 4. The number of nitrogens with zero attached hydrogens (tertiary/aromatic N) is 1. The van der Waals surface area contributed by atoms with Gasteiger partial charge in [0.2, 0.25) is 0 Å². The lowest BCUT2D eigenvalue weighted by Crippen LogP contribution is -2.02. The molecule has 10 heavy (non-hydrogen) atoms. The summed E-state index contributed by atoms with van der Waals surface area (Å²) in [5, 5.41) is 11.5. The van der Waals surface area contributed by atoms with Gasteiger partial charge in [-0.3, -0.25) is 0 Å². The van der Waals surface area contributed by atoms with Crippen molar-refractivity contribution in [3.8, 4) is 0 Å². The topological polar surface area (TPSA) is 59.1 Å². The number of rotatable bonds is 3. The molecule has 0 fully saturated rings. The first kappa shape index (κ1) is 7.65. The molecule has 0 aliphatic rings. The van der Waals surface area contributed by atoms with Crippen molar-refractivity contribution in [1.29, 1.82) is 0 Å². The smallest absolute Gasteiger partial charge is 0.0941 e. The number of aliphatic hydroxyl groups is 1. The molecule has 56 valence electrons. The van der Waals surface area contributed by atoms with Gasteiger partial charge in [-0.1, -0.05) is 0 Å². The monoisotopic (exact) mass is 158 g/mol. The zero-order valence-electron chi connectivity index (χ0n) is 5.58. The molecular weight excluding hydrogens is 148 g/mol. The average molecular weight is 158 g/mol. The Morgan fingerprint density at radius 2 is 2.50 bits per heavy atom. The highest BCUT2D eigenvalue weighted by Crippen LogP contribution is 2.09. The Labute approximate surface area is 63.5 Å². The minimum atomic E-state index is 0.0288. The maximum absolute atomic E-state index is 8.63. The molecular formula is C6H10N2OS. The number of nitrogens with two attached hydrogens (primary N) is 1. The maximum atomic E-state index is 8.63. The highest BCUT2D eigenvalue weighted by Gasteiger charge is 1.97. The van der Waals surface area contributed by atoms with Gasteiger partial charge in [-0.25, -0.2) is 4.98 Å². The second-order valence-electron chi connectivity index (χ2n) is 1.93. The van der Waals surface area contributed by atoms with Gasteiger partial charge in [0.05, 0.1) is 17.3 Å². The van der Waals surface area contributed by atoms with Gasteiger partial charge in [0.25, 0.3) is 0 Å². The minimum absolute atomic E-state index is 0.0288. The van der Waals surface area contributed by atoms with Crippen LogP contribution >= 0.6 is 11.3 Å². The standard InChI is InChI=1S/C6H10N2OS/c7-2-1-6-8-5(3-9)4-10-6/h4,9H,1-3,7H2. The third-order valence-corrected chi connectivity index (χ3v) is 2.08. The van der Waals surface area contributed by atoms with Crippen molar-refractivity contribution in [1.82, 2.24) is 4.98 Å². The van der Waals surface area contributed by atoms with Crippen molar-refractivity contribution in [2.75, 3.05) is 6.54 Å². The quantitative estimate of drug-likeness (QED) is 0.657. The van der Waals surface area contributed by atoms with Crippen LogP contribution < -0.4 is 5.73 Å². The first-order valence-electron chi connectivity index (χ1n) is 3.11. The molecule has 3 N–H and O–H groups in total. The van der Waals surface area contributed by atoms with E-state index in [2.05, 4.69) is 4.98 Å². The molecule has 1 rings (SSSR count). The first-order valence-corrected chi connectivity index (χ1v) is 3.99. The number of hydrogen-bond donors (Lipinski definition) is 2. The Bertz CT molecular complexity index is 199. The summed E-state index contributed by atoms with van der Waals surface area (Å²) in [7, 11) is 0. The summed E-state index contributed by atoms with van der Waals surface area (Å²) in [6, 6.07) is 0. The minimum Gasteiger partial charge on any atom is -0.390 e. The second-order valence-corrected chi connectivity index (χ2v) is 2.87. The van der Waals surface area contributed by atoms with Crippen LogP contribution in [0.1, 0.15) is 10.7 Å². The molecule has 0 aliphatic carbocycles. The van der Waals surface area contributed by atoms with Crippen LogP contribution in [0.4, 0.5) is 0 Å². The maximum Gasteiger partial charge on any atom is 0.0941 e. The molecule has 0 unspecified atom stereocenters. The molecule has 0 bridgehead atoms. The van der Waals surface area contributed by atoms with Gasteiger partial charge in [-0.15, -0.1) is 11.3 Å². The summed E-state index contributed by atoms with van der Waals surface area (Å²) >= 11 is 1.55. The van der Waals surface area contributed by atoms with E-state index in [1.807, 2.05) is 5.38 Å². The van der Waals surface area contributed by atoms with Gasteiger partial charge < -0.3 is 10.8 Å². The van der Waals surface area contributed by atoms with Crippen LogP contribution in [0.2, 0.25) is 0 Å². The van der Waals surface area contributed by atoms with E-state index in [0.717, 1.165) is 17.1 Å². The highest BCUT2D eigenvalue weighted by atomic mass is 32.1. The van der Waals surface area contributed by atoms with Crippen LogP contribution in [0.15, 0.2) is 5.38 Å². The van der Waals surface area contributed by atoms with E-state index >= 15 is 0 Å². The predicted octanol–water partition coefficient (Wildman–Crippen LogP) is 0.137.